The van der Waals surface area contributed by atoms with Gasteiger partial charge in [0, 0.05) is 44.4 Å². The van der Waals surface area contributed by atoms with Crippen molar-refractivity contribution in [3.63, 3.8) is 0 Å². The molecule has 0 radical (unpaired) electrons. The lowest BCUT2D eigenvalue weighted by Gasteiger charge is -2.31. The molecule has 0 unspecified atom stereocenters. The molecule has 1 aliphatic carbocycles. The van der Waals surface area contributed by atoms with Crippen molar-refractivity contribution in [3.8, 4) is 11.1 Å². The Balaban J connectivity index is 1.37. The minimum Gasteiger partial charge on any atom is -0.310 e. The van der Waals surface area contributed by atoms with Gasteiger partial charge in [-0.3, -0.25) is 0 Å². The molecule has 0 fully saturated rings. The topological polar surface area (TPSA) is 6.48 Å². The average Bonchev–Trinajstić information content (AvgIpc) is 3.33. The molecule has 7 aromatic rings. The second-order valence-electron chi connectivity index (χ2n) is 12.4. The maximum atomic E-state index is 6.54. The van der Waals surface area contributed by atoms with Crippen LogP contribution in [0, 0.1) is 0 Å². The second kappa shape index (κ2) is 11.2. The van der Waals surface area contributed by atoms with E-state index in [-0.39, 0.29) is 5.41 Å². The van der Waals surface area contributed by atoms with Crippen LogP contribution in [0.1, 0.15) is 25.0 Å². The Morgan fingerprint density at radius 2 is 1.02 bits per heavy atom. The number of benzene rings is 7. The summed E-state index contributed by atoms with van der Waals surface area (Å²) >= 11 is 6.54. The molecule has 0 heterocycles. The summed E-state index contributed by atoms with van der Waals surface area (Å²) in [6.07, 6.45) is 0. The van der Waals surface area contributed by atoms with Crippen molar-refractivity contribution < 1.29 is 0 Å². The molecule has 0 saturated carbocycles. The average molecular weight is 613 g/mol. The molecule has 7 aromatic carbocycles. The molecule has 222 valence electrons. The van der Waals surface area contributed by atoms with Gasteiger partial charge in [-0.2, -0.15) is 0 Å². The highest BCUT2D eigenvalue weighted by atomic mass is 35.5. The SMILES string of the molecule is CC1(C)c2ccccc2-c2c(N(c3cccc(N(c4ccccc4)c4cccc(Cl)c4)c3)c3ccc4ccccc4c3)cccc21. The van der Waals surface area contributed by atoms with Gasteiger partial charge < -0.3 is 9.80 Å². The van der Waals surface area contributed by atoms with Crippen LogP contribution in [0.2, 0.25) is 5.02 Å². The summed E-state index contributed by atoms with van der Waals surface area (Å²) in [6.45, 7) is 4.68. The van der Waals surface area contributed by atoms with E-state index in [0.717, 1.165) is 34.1 Å². The number of anilines is 6. The molecular weight excluding hydrogens is 580 g/mol. The first-order chi connectivity index (χ1) is 22.5. The summed E-state index contributed by atoms with van der Waals surface area (Å²) in [5, 5.41) is 3.13. The van der Waals surface area contributed by atoms with E-state index in [0.29, 0.717) is 5.02 Å². The van der Waals surface area contributed by atoms with E-state index < -0.39 is 0 Å². The molecule has 2 nitrogen and oxygen atoms in total. The summed E-state index contributed by atoms with van der Waals surface area (Å²) in [7, 11) is 0. The van der Waals surface area contributed by atoms with Crippen LogP contribution in [0.5, 0.6) is 0 Å². The molecule has 0 spiro atoms. The van der Waals surface area contributed by atoms with Crippen molar-refractivity contribution >= 4 is 56.5 Å². The summed E-state index contributed by atoms with van der Waals surface area (Å²) in [6, 6.07) is 58.3. The van der Waals surface area contributed by atoms with Gasteiger partial charge in [0.15, 0.2) is 0 Å². The molecule has 8 rings (SSSR count). The predicted molar refractivity (Wildman–Crippen MR) is 196 cm³/mol. The maximum absolute atomic E-state index is 6.54. The van der Waals surface area contributed by atoms with Crippen molar-refractivity contribution in [3.05, 3.63) is 180 Å². The third kappa shape index (κ3) is 4.74. The van der Waals surface area contributed by atoms with Gasteiger partial charge in [-0.15, -0.1) is 0 Å². The third-order valence-corrected chi connectivity index (χ3v) is 9.48. The van der Waals surface area contributed by atoms with E-state index in [1.807, 2.05) is 24.3 Å². The molecule has 0 aliphatic heterocycles. The summed E-state index contributed by atoms with van der Waals surface area (Å²) in [5.41, 5.74) is 11.7. The first-order valence-corrected chi connectivity index (χ1v) is 16.1. The minimum absolute atomic E-state index is 0.102. The highest BCUT2D eigenvalue weighted by Gasteiger charge is 2.37. The molecule has 0 amide bonds. The van der Waals surface area contributed by atoms with Crippen LogP contribution in [0.15, 0.2) is 164 Å². The number of rotatable bonds is 6. The van der Waals surface area contributed by atoms with Crippen LogP contribution in [0.25, 0.3) is 21.9 Å². The van der Waals surface area contributed by atoms with Crippen molar-refractivity contribution in [1.29, 1.82) is 0 Å². The lowest BCUT2D eigenvalue weighted by Crippen LogP contribution is -2.16. The third-order valence-electron chi connectivity index (χ3n) is 9.24. The maximum Gasteiger partial charge on any atom is 0.0543 e. The Bertz CT molecular complexity index is 2220. The number of hydrogen-bond donors (Lipinski definition) is 0. The number of para-hydroxylation sites is 1. The van der Waals surface area contributed by atoms with Crippen LogP contribution in [-0.4, -0.2) is 0 Å². The zero-order valence-corrected chi connectivity index (χ0v) is 26.6. The fourth-order valence-corrected chi connectivity index (χ4v) is 7.26. The smallest absolute Gasteiger partial charge is 0.0543 e. The Kier molecular flexibility index (Phi) is 6.89. The highest BCUT2D eigenvalue weighted by Crippen LogP contribution is 2.54. The Hall–Kier alpha value is -5.31. The Morgan fingerprint density at radius 3 is 1.83 bits per heavy atom. The van der Waals surface area contributed by atoms with Crippen molar-refractivity contribution in [2.75, 3.05) is 9.80 Å². The minimum atomic E-state index is -0.102. The van der Waals surface area contributed by atoms with Gasteiger partial charge in [0.25, 0.3) is 0 Å². The first kappa shape index (κ1) is 28.2. The van der Waals surface area contributed by atoms with Crippen LogP contribution in [0.4, 0.5) is 34.1 Å². The van der Waals surface area contributed by atoms with Gasteiger partial charge in [0.05, 0.1) is 5.69 Å². The predicted octanol–water partition coefficient (Wildman–Crippen LogP) is 12.7. The zero-order chi connectivity index (χ0) is 31.3. The number of nitrogens with zero attached hydrogens (tertiary/aromatic N) is 2. The van der Waals surface area contributed by atoms with Gasteiger partial charge in [0.2, 0.25) is 0 Å². The fraction of sp³-hybridized carbons (Fsp3) is 0.0698. The Labute approximate surface area is 275 Å². The van der Waals surface area contributed by atoms with E-state index in [4.69, 9.17) is 11.6 Å². The molecule has 0 saturated heterocycles. The molecule has 3 heteroatoms. The van der Waals surface area contributed by atoms with Crippen LogP contribution >= 0.6 is 11.6 Å². The quantitative estimate of drug-likeness (QED) is 0.184. The number of halogens is 1. The molecule has 0 aromatic heterocycles. The molecule has 1 aliphatic rings. The molecule has 0 N–H and O–H groups in total. The zero-order valence-electron chi connectivity index (χ0n) is 25.9. The van der Waals surface area contributed by atoms with Crippen LogP contribution in [0.3, 0.4) is 0 Å². The summed E-state index contributed by atoms with van der Waals surface area (Å²) in [5.74, 6) is 0. The molecular formula is C43H33ClN2. The molecule has 0 atom stereocenters. The van der Waals surface area contributed by atoms with E-state index in [9.17, 15) is 0 Å². The largest absolute Gasteiger partial charge is 0.310 e. The van der Waals surface area contributed by atoms with Crippen molar-refractivity contribution in [2.45, 2.75) is 19.3 Å². The van der Waals surface area contributed by atoms with Gasteiger partial charge in [-0.05, 0) is 94.2 Å². The molecule has 46 heavy (non-hydrogen) atoms. The van der Waals surface area contributed by atoms with E-state index in [1.54, 1.807) is 0 Å². The fourth-order valence-electron chi connectivity index (χ4n) is 7.08. The normalized spacial score (nSPS) is 12.8. The monoisotopic (exact) mass is 612 g/mol. The van der Waals surface area contributed by atoms with Gasteiger partial charge in [0.1, 0.15) is 0 Å². The van der Waals surface area contributed by atoms with Crippen LogP contribution < -0.4 is 9.80 Å². The van der Waals surface area contributed by atoms with Gasteiger partial charge in [-0.25, -0.2) is 0 Å². The second-order valence-corrected chi connectivity index (χ2v) is 12.8. The van der Waals surface area contributed by atoms with Crippen molar-refractivity contribution in [2.24, 2.45) is 0 Å². The van der Waals surface area contributed by atoms with Crippen LogP contribution in [-0.2, 0) is 5.41 Å². The lowest BCUT2D eigenvalue weighted by atomic mass is 9.82. The first-order valence-electron chi connectivity index (χ1n) is 15.7. The highest BCUT2D eigenvalue weighted by molar-refractivity contribution is 6.30. The molecule has 0 bridgehead atoms. The van der Waals surface area contributed by atoms with E-state index >= 15 is 0 Å². The summed E-state index contributed by atoms with van der Waals surface area (Å²) in [4.78, 5) is 4.69. The van der Waals surface area contributed by atoms with E-state index in [2.05, 4.69) is 163 Å². The summed E-state index contributed by atoms with van der Waals surface area (Å²) < 4.78 is 0. The lowest BCUT2D eigenvalue weighted by molar-refractivity contribution is 0.660. The van der Waals surface area contributed by atoms with E-state index in [1.165, 1.54) is 33.0 Å². The number of hydrogen-bond acceptors (Lipinski definition) is 2. The standard InChI is InChI=1S/C43H33ClN2/c1-43(2)39-22-9-8-21-38(39)42-40(43)23-12-24-41(42)46(37-26-25-30-13-6-7-14-31(30)27-37)36-20-11-19-35(29-36)45(33-16-4-3-5-17-33)34-18-10-15-32(44)28-34/h3-29H,1-2H3. The van der Waals surface area contributed by atoms with Gasteiger partial charge in [-0.1, -0.05) is 123 Å². The van der Waals surface area contributed by atoms with Gasteiger partial charge >= 0.3 is 0 Å². The Morgan fingerprint density at radius 1 is 0.435 bits per heavy atom. The van der Waals surface area contributed by atoms with Crippen molar-refractivity contribution in [1.82, 2.24) is 0 Å². The number of fused-ring (bicyclic) bond motifs is 4.